The maximum absolute atomic E-state index is 13.8. The van der Waals surface area contributed by atoms with Crippen LogP contribution in [0.25, 0.3) is 20.2 Å². The second-order valence-electron chi connectivity index (χ2n) is 5.63. The van der Waals surface area contributed by atoms with Crippen LogP contribution < -0.4 is 10.1 Å². The molecule has 0 saturated heterocycles. The molecule has 24 heavy (non-hydrogen) atoms. The van der Waals surface area contributed by atoms with E-state index in [0.29, 0.717) is 6.54 Å². The van der Waals surface area contributed by atoms with E-state index in [1.54, 1.807) is 17.4 Å². The minimum atomic E-state index is -0.337. The van der Waals surface area contributed by atoms with Crippen molar-refractivity contribution in [2.75, 3.05) is 12.4 Å². The summed E-state index contributed by atoms with van der Waals surface area (Å²) in [5.74, 6) is -0.0685. The van der Waals surface area contributed by atoms with E-state index in [1.807, 2.05) is 6.07 Å². The molecule has 4 heteroatoms. The van der Waals surface area contributed by atoms with Crippen molar-refractivity contribution in [3.8, 4) is 5.75 Å². The molecule has 1 heterocycles. The third-order valence-electron chi connectivity index (χ3n) is 4.09. The van der Waals surface area contributed by atoms with Crippen LogP contribution in [0.5, 0.6) is 5.75 Å². The summed E-state index contributed by atoms with van der Waals surface area (Å²) in [7, 11) is 1.47. The Morgan fingerprint density at radius 1 is 0.958 bits per heavy atom. The number of halogens is 1. The minimum absolute atomic E-state index is 0.268. The normalized spacial score (nSPS) is 11.1. The van der Waals surface area contributed by atoms with Crippen molar-refractivity contribution in [2.45, 2.75) is 6.54 Å². The molecule has 0 spiro atoms. The molecule has 0 atom stereocenters. The smallest absolute Gasteiger partial charge is 0.165 e. The van der Waals surface area contributed by atoms with Gasteiger partial charge in [-0.15, -0.1) is 11.3 Å². The lowest BCUT2D eigenvalue weighted by Gasteiger charge is -2.08. The standard InChI is InChI=1S/C20H16FNOS/c1-23-18-8-6-13(10-17(18)21)12-22-14-7-9-20-16(11-14)15-4-2-3-5-19(15)24-20/h2-11,22H,12H2,1H3. The van der Waals surface area contributed by atoms with E-state index in [4.69, 9.17) is 4.74 Å². The predicted octanol–water partition coefficient (Wildman–Crippen LogP) is 5.81. The monoisotopic (exact) mass is 337 g/mol. The van der Waals surface area contributed by atoms with Gasteiger partial charge in [-0.25, -0.2) is 4.39 Å². The van der Waals surface area contributed by atoms with Gasteiger partial charge in [0.2, 0.25) is 0 Å². The first kappa shape index (κ1) is 15.0. The van der Waals surface area contributed by atoms with E-state index < -0.39 is 0 Å². The first-order chi connectivity index (χ1) is 11.7. The van der Waals surface area contributed by atoms with Crippen LogP contribution in [0.1, 0.15) is 5.56 Å². The second-order valence-corrected chi connectivity index (χ2v) is 6.72. The van der Waals surface area contributed by atoms with Gasteiger partial charge in [-0.2, -0.15) is 0 Å². The van der Waals surface area contributed by atoms with Gasteiger partial charge in [-0.05, 0) is 42.0 Å². The summed E-state index contributed by atoms with van der Waals surface area (Å²) in [6.45, 7) is 0.564. The van der Waals surface area contributed by atoms with Crippen molar-refractivity contribution in [3.05, 3.63) is 72.0 Å². The van der Waals surface area contributed by atoms with Crippen LogP contribution in [0.15, 0.2) is 60.7 Å². The van der Waals surface area contributed by atoms with E-state index in [9.17, 15) is 4.39 Å². The van der Waals surface area contributed by atoms with Crippen LogP contribution in [0.3, 0.4) is 0 Å². The Hall–Kier alpha value is -2.59. The van der Waals surface area contributed by atoms with Crippen molar-refractivity contribution >= 4 is 37.2 Å². The fourth-order valence-corrected chi connectivity index (χ4v) is 3.95. The maximum Gasteiger partial charge on any atom is 0.165 e. The summed E-state index contributed by atoms with van der Waals surface area (Å²) < 4.78 is 21.3. The predicted molar refractivity (Wildman–Crippen MR) is 99.6 cm³/mol. The zero-order valence-corrected chi connectivity index (χ0v) is 14.0. The average Bonchev–Trinajstić information content (AvgIpc) is 2.98. The number of fused-ring (bicyclic) bond motifs is 3. The molecule has 0 aliphatic rings. The van der Waals surface area contributed by atoms with Crippen molar-refractivity contribution in [3.63, 3.8) is 0 Å². The quantitative estimate of drug-likeness (QED) is 0.507. The first-order valence-electron chi connectivity index (χ1n) is 7.72. The largest absolute Gasteiger partial charge is 0.494 e. The SMILES string of the molecule is COc1ccc(CNc2ccc3sc4ccccc4c3c2)cc1F. The molecule has 4 rings (SSSR count). The van der Waals surface area contributed by atoms with Crippen LogP contribution in [0, 0.1) is 5.82 Å². The van der Waals surface area contributed by atoms with E-state index in [0.717, 1.165) is 11.3 Å². The van der Waals surface area contributed by atoms with Gasteiger partial charge in [0, 0.05) is 32.4 Å². The molecule has 0 bridgehead atoms. The molecule has 0 radical (unpaired) electrons. The van der Waals surface area contributed by atoms with Gasteiger partial charge in [0.15, 0.2) is 11.6 Å². The number of nitrogens with one attached hydrogen (secondary N) is 1. The molecule has 4 aromatic rings. The highest BCUT2D eigenvalue weighted by Crippen LogP contribution is 2.35. The lowest BCUT2D eigenvalue weighted by atomic mass is 10.1. The molecule has 0 amide bonds. The number of ether oxygens (including phenoxy) is 1. The molecule has 2 nitrogen and oxygen atoms in total. The maximum atomic E-state index is 13.8. The van der Waals surface area contributed by atoms with Crippen LogP contribution in [-0.4, -0.2) is 7.11 Å². The zero-order chi connectivity index (χ0) is 16.5. The highest BCUT2D eigenvalue weighted by atomic mass is 32.1. The van der Waals surface area contributed by atoms with Gasteiger partial charge >= 0.3 is 0 Å². The van der Waals surface area contributed by atoms with E-state index in [-0.39, 0.29) is 11.6 Å². The molecule has 1 aromatic heterocycles. The Morgan fingerprint density at radius 2 is 1.79 bits per heavy atom. The summed E-state index contributed by atoms with van der Waals surface area (Å²) in [5.41, 5.74) is 1.91. The Kier molecular flexibility index (Phi) is 3.82. The lowest BCUT2D eigenvalue weighted by molar-refractivity contribution is 0.386. The molecular formula is C20H16FNOS. The summed E-state index contributed by atoms with van der Waals surface area (Å²) in [6, 6.07) is 19.8. The zero-order valence-electron chi connectivity index (χ0n) is 13.2. The van der Waals surface area contributed by atoms with Crippen molar-refractivity contribution in [1.29, 1.82) is 0 Å². The average molecular weight is 337 g/mol. The topological polar surface area (TPSA) is 21.3 Å². The van der Waals surface area contributed by atoms with Crippen molar-refractivity contribution in [2.24, 2.45) is 0 Å². The second kappa shape index (κ2) is 6.13. The van der Waals surface area contributed by atoms with Gasteiger partial charge in [0.05, 0.1) is 7.11 Å². The number of thiophene rings is 1. The summed E-state index contributed by atoms with van der Waals surface area (Å²) >= 11 is 1.80. The Labute approximate surface area is 143 Å². The minimum Gasteiger partial charge on any atom is -0.494 e. The molecule has 0 saturated carbocycles. The summed E-state index contributed by atoms with van der Waals surface area (Å²) in [4.78, 5) is 0. The molecule has 3 aromatic carbocycles. The number of rotatable bonds is 4. The highest BCUT2D eigenvalue weighted by Gasteiger charge is 2.06. The van der Waals surface area contributed by atoms with Gasteiger partial charge in [-0.1, -0.05) is 24.3 Å². The van der Waals surface area contributed by atoms with E-state index in [1.165, 1.54) is 33.3 Å². The molecule has 1 N–H and O–H groups in total. The highest BCUT2D eigenvalue weighted by molar-refractivity contribution is 7.25. The Bertz CT molecular complexity index is 1020. The molecule has 120 valence electrons. The molecular weight excluding hydrogens is 321 g/mol. The number of benzene rings is 3. The molecule has 0 fully saturated rings. The number of methoxy groups -OCH3 is 1. The lowest BCUT2D eigenvalue weighted by Crippen LogP contribution is -2.00. The molecule has 0 aliphatic carbocycles. The summed E-state index contributed by atoms with van der Waals surface area (Å²) in [5, 5.41) is 5.90. The number of hydrogen-bond acceptors (Lipinski definition) is 3. The van der Waals surface area contributed by atoms with Crippen molar-refractivity contribution < 1.29 is 9.13 Å². The van der Waals surface area contributed by atoms with Gasteiger partial charge in [0.1, 0.15) is 0 Å². The third kappa shape index (κ3) is 2.69. The van der Waals surface area contributed by atoms with Crippen LogP contribution in [0.4, 0.5) is 10.1 Å². The Morgan fingerprint density at radius 3 is 2.62 bits per heavy atom. The molecule has 0 unspecified atom stereocenters. The Balaban J connectivity index is 1.60. The van der Waals surface area contributed by atoms with Gasteiger partial charge in [0.25, 0.3) is 0 Å². The number of anilines is 1. The third-order valence-corrected chi connectivity index (χ3v) is 5.24. The van der Waals surface area contributed by atoms with E-state index >= 15 is 0 Å². The van der Waals surface area contributed by atoms with Crippen LogP contribution in [-0.2, 0) is 6.54 Å². The fraction of sp³-hybridized carbons (Fsp3) is 0.100. The van der Waals surface area contributed by atoms with Crippen LogP contribution >= 0.6 is 11.3 Å². The van der Waals surface area contributed by atoms with Gasteiger partial charge in [-0.3, -0.25) is 0 Å². The van der Waals surface area contributed by atoms with Gasteiger partial charge < -0.3 is 10.1 Å². The first-order valence-corrected chi connectivity index (χ1v) is 8.54. The van der Waals surface area contributed by atoms with Crippen LogP contribution in [0.2, 0.25) is 0 Å². The molecule has 0 aliphatic heterocycles. The van der Waals surface area contributed by atoms with Crippen molar-refractivity contribution in [1.82, 2.24) is 0 Å². The fourth-order valence-electron chi connectivity index (χ4n) is 2.86. The number of hydrogen-bond donors (Lipinski definition) is 1. The summed E-state index contributed by atoms with van der Waals surface area (Å²) in [6.07, 6.45) is 0. The van der Waals surface area contributed by atoms with E-state index in [2.05, 4.69) is 47.8 Å².